The number of methoxy groups -OCH3 is 2. The molecule has 0 aliphatic rings. The van der Waals surface area contributed by atoms with Gasteiger partial charge < -0.3 is 14.8 Å². The SMILES string of the molecule is CCCCN[C@@H](CC)c1cc(OC)ccc1OC. The van der Waals surface area contributed by atoms with E-state index in [0.29, 0.717) is 6.04 Å². The van der Waals surface area contributed by atoms with Crippen LogP contribution in [-0.2, 0) is 0 Å². The minimum Gasteiger partial charge on any atom is -0.497 e. The van der Waals surface area contributed by atoms with Crippen LogP contribution < -0.4 is 14.8 Å². The van der Waals surface area contributed by atoms with Crippen LogP contribution in [0.4, 0.5) is 0 Å². The summed E-state index contributed by atoms with van der Waals surface area (Å²) < 4.78 is 10.7. The minimum atomic E-state index is 0.321. The summed E-state index contributed by atoms with van der Waals surface area (Å²) >= 11 is 0. The summed E-state index contributed by atoms with van der Waals surface area (Å²) in [7, 11) is 3.40. The van der Waals surface area contributed by atoms with Crippen LogP contribution >= 0.6 is 0 Å². The average molecular weight is 251 g/mol. The molecule has 0 aliphatic heterocycles. The van der Waals surface area contributed by atoms with Gasteiger partial charge in [-0.1, -0.05) is 20.3 Å². The Balaban J connectivity index is 2.87. The molecule has 1 aromatic carbocycles. The Bertz CT molecular complexity index is 352. The van der Waals surface area contributed by atoms with Gasteiger partial charge in [0.05, 0.1) is 14.2 Å². The zero-order valence-corrected chi connectivity index (χ0v) is 12.0. The number of benzene rings is 1. The highest BCUT2D eigenvalue weighted by Gasteiger charge is 2.14. The van der Waals surface area contributed by atoms with Gasteiger partial charge in [0.2, 0.25) is 0 Å². The molecule has 3 heteroatoms. The van der Waals surface area contributed by atoms with Gasteiger partial charge in [0, 0.05) is 11.6 Å². The maximum absolute atomic E-state index is 5.44. The summed E-state index contributed by atoms with van der Waals surface area (Å²) in [6.45, 7) is 5.42. The third-order valence-corrected chi connectivity index (χ3v) is 3.14. The Hall–Kier alpha value is -1.22. The fraction of sp³-hybridized carbons (Fsp3) is 0.600. The molecule has 1 atom stereocenters. The molecule has 1 aromatic rings. The zero-order chi connectivity index (χ0) is 13.4. The first-order valence-corrected chi connectivity index (χ1v) is 6.72. The summed E-state index contributed by atoms with van der Waals surface area (Å²) in [4.78, 5) is 0. The number of hydrogen-bond acceptors (Lipinski definition) is 3. The first-order valence-electron chi connectivity index (χ1n) is 6.72. The summed E-state index contributed by atoms with van der Waals surface area (Å²) in [6.07, 6.45) is 3.44. The molecule has 0 amide bonds. The van der Waals surface area contributed by atoms with Crippen molar-refractivity contribution in [1.82, 2.24) is 5.32 Å². The maximum atomic E-state index is 5.44. The van der Waals surface area contributed by atoms with Gasteiger partial charge in [0.1, 0.15) is 11.5 Å². The van der Waals surface area contributed by atoms with Crippen molar-refractivity contribution >= 4 is 0 Å². The van der Waals surface area contributed by atoms with E-state index in [1.54, 1.807) is 14.2 Å². The van der Waals surface area contributed by atoms with Crippen LogP contribution in [0.2, 0.25) is 0 Å². The first kappa shape index (κ1) is 14.8. The summed E-state index contributed by atoms with van der Waals surface area (Å²) in [5, 5.41) is 3.58. The van der Waals surface area contributed by atoms with Gasteiger partial charge in [-0.3, -0.25) is 0 Å². The summed E-state index contributed by atoms with van der Waals surface area (Å²) in [5.41, 5.74) is 1.18. The number of ether oxygens (including phenoxy) is 2. The topological polar surface area (TPSA) is 30.5 Å². The van der Waals surface area contributed by atoms with E-state index in [9.17, 15) is 0 Å². The quantitative estimate of drug-likeness (QED) is 0.717. The molecule has 1 rings (SSSR count). The van der Waals surface area contributed by atoms with E-state index in [-0.39, 0.29) is 0 Å². The van der Waals surface area contributed by atoms with Crippen molar-refractivity contribution in [3.63, 3.8) is 0 Å². The molecule has 0 aromatic heterocycles. The van der Waals surface area contributed by atoms with E-state index < -0.39 is 0 Å². The predicted octanol–water partition coefficient (Wildman–Crippen LogP) is 3.54. The van der Waals surface area contributed by atoms with Gasteiger partial charge in [-0.05, 0) is 37.6 Å². The largest absolute Gasteiger partial charge is 0.497 e. The van der Waals surface area contributed by atoms with Crippen LogP contribution in [-0.4, -0.2) is 20.8 Å². The smallest absolute Gasteiger partial charge is 0.123 e. The molecular weight excluding hydrogens is 226 g/mol. The van der Waals surface area contributed by atoms with E-state index in [0.717, 1.165) is 24.5 Å². The number of rotatable bonds is 8. The fourth-order valence-electron chi connectivity index (χ4n) is 2.04. The van der Waals surface area contributed by atoms with Gasteiger partial charge in [-0.15, -0.1) is 0 Å². The van der Waals surface area contributed by atoms with Crippen molar-refractivity contribution in [1.29, 1.82) is 0 Å². The minimum absolute atomic E-state index is 0.321. The number of unbranched alkanes of at least 4 members (excludes halogenated alkanes) is 1. The molecule has 0 bridgehead atoms. The predicted molar refractivity (Wildman–Crippen MR) is 75.5 cm³/mol. The Morgan fingerprint density at radius 2 is 1.94 bits per heavy atom. The van der Waals surface area contributed by atoms with Crippen molar-refractivity contribution in [3.05, 3.63) is 23.8 Å². The molecule has 0 saturated heterocycles. The van der Waals surface area contributed by atoms with Crippen LogP contribution in [0.15, 0.2) is 18.2 Å². The summed E-state index contributed by atoms with van der Waals surface area (Å²) in [6, 6.07) is 6.28. The Labute approximate surface area is 110 Å². The van der Waals surface area contributed by atoms with E-state index in [2.05, 4.69) is 25.2 Å². The molecule has 18 heavy (non-hydrogen) atoms. The van der Waals surface area contributed by atoms with E-state index in [1.807, 2.05) is 12.1 Å². The molecule has 0 radical (unpaired) electrons. The van der Waals surface area contributed by atoms with Crippen LogP contribution in [0.1, 0.15) is 44.7 Å². The highest BCUT2D eigenvalue weighted by Crippen LogP contribution is 2.30. The normalized spacial score (nSPS) is 12.2. The Kier molecular flexibility index (Phi) is 6.58. The van der Waals surface area contributed by atoms with Crippen molar-refractivity contribution in [2.24, 2.45) is 0 Å². The van der Waals surface area contributed by atoms with Crippen LogP contribution in [0.25, 0.3) is 0 Å². The van der Waals surface area contributed by atoms with E-state index >= 15 is 0 Å². The molecule has 0 aliphatic carbocycles. The van der Waals surface area contributed by atoms with E-state index in [4.69, 9.17) is 9.47 Å². The first-order chi connectivity index (χ1) is 8.76. The lowest BCUT2D eigenvalue weighted by Crippen LogP contribution is -2.22. The fourth-order valence-corrected chi connectivity index (χ4v) is 2.04. The van der Waals surface area contributed by atoms with Crippen molar-refractivity contribution < 1.29 is 9.47 Å². The second-order valence-electron chi connectivity index (χ2n) is 4.38. The molecule has 0 unspecified atom stereocenters. The van der Waals surface area contributed by atoms with Crippen LogP contribution in [0.3, 0.4) is 0 Å². The molecule has 0 heterocycles. The Morgan fingerprint density at radius 3 is 2.50 bits per heavy atom. The van der Waals surface area contributed by atoms with Crippen molar-refractivity contribution in [2.45, 2.75) is 39.2 Å². The average Bonchev–Trinajstić information content (AvgIpc) is 2.43. The van der Waals surface area contributed by atoms with Gasteiger partial charge >= 0.3 is 0 Å². The zero-order valence-electron chi connectivity index (χ0n) is 12.0. The lowest BCUT2D eigenvalue weighted by Gasteiger charge is -2.20. The second kappa shape index (κ2) is 7.98. The molecule has 0 saturated carbocycles. The van der Waals surface area contributed by atoms with Crippen LogP contribution in [0.5, 0.6) is 11.5 Å². The van der Waals surface area contributed by atoms with Crippen LogP contribution in [0, 0.1) is 0 Å². The third-order valence-electron chi connectivity index (χ3n) is 3.14. The number of nitrogens with one attached hydrogen (secondary N) is 1. The number of hydrogen-bond donors (Lipinski definition) is 1. The van der Waals surface area contributed by atoms with Gasteiger partial charge in [-0.2, -0.15) is 0 Å². The molecule has 0 spiro atoms. The summed E-state index contributed by atoms with van der Waals surface area (Å²) in [5.74, 6) is 1.80. The Morgan fingerprint density at radius 1 is 1.17 bits per heavy atom. The highest BCUT2D eigenvalue weighted by atomic mass is 16.5. The van der Waals surface area contributed by atoms with Gasteiger partial charge in [0.25, 0.3) is 0 Å². The molecule has 1 N–H and O–H groups in total. The van der Waals surface area contributed by atoms with Crippen molar-refractivity contribution in [3.8, 4) is 11.5 Å². The van der Waals surface area contributed by atoms with Gasteiger partial charge in [0.15, 0.2) is 0 Å². The van der Waals surface area contributed by atoms with Crippen molar-refractivity contribution in [2.75, 3.05) is 20.8 Å². The maximum Gasteiger partial charge on any atom is 0.123 e. The molecule has 3 nitrogen and oxygen atoms in total. The molecule has 0 fully saturated rings. The standard InChI is InChI=1S/C15H25NO2/c1-5-7-10-16-14(6-2)13-11-12(17-3)8-9-15(13)18-4/h8-9,11,14,16H,5-7,10H2,1-4H3/t14-/m0/s1. The second-order valence-corrected chi connectivity index (χ2v) is 4.38. The third kappa shape index (κ3) is 3.91. The lowest BCUT2D eigenvalue weighted by molar-refractivity contribution is 0.387. The van der Waals surface area contributed by atoms with Gasteiger partial charge in [-0.25, -0.2) is 0 Å². The lowest BCUT2D eigenvalue weighted by atomic mass is 10.0. The molecule has 102 valence electrons. The monoisotopic (exact) mass is 251 g/mol. The van der Waals surface area contributed by atoms with E-state index in [1.165, 1.54) is 18.4 Å². The molecular formula is C15H25NO2. The highest BCUT2D eigenvalue weighted by molar-refractivity contribution is 5.42.